The van der Waals surface area contributed by atoms with E-state index in [0.29, 0.717) is 18.5 Å². The van der Waals surface area contributed by atoms with Crippen molar-refractivity contribution in [1.29, 1.82) is 0 Å². The van der Waals surface area contributed by atoms with Crippen LogP contribution in [0.25, 0.3) is 0 Å². The Bertz CT molecular complexity index is 372. The molecule has 0 aliphatic heterocycles. The Morgan fingerprint density at radius 2 is 2.12 bits per heavy atom. The molecular formula is C13H19NO2. The summed E-state index contributed by atoms with van der Waals surface area (Å²) < 4.78 is 5.56. The van der Waals surface area contributed by atoms with E-state index >= 15 is 0 Å². The number of ketones is 1. The second-order valence-corrected chi connectivity index (χ2v) is 3.97. The van der Waals surface area contributed by atoms with Gasteiger partial charge in [0.15, 0.2) is 5.78 Å². The first-order chi connectivity index (χ1) is 7.58. The maximum atomic E-state index is 11.6. The lowest BCUT2D eigenvalue weighted by molar-refractivity contribution is 0.0987. The summed E-state index contributed by atoms with van der Waals surface area (Å²) in [5.41, 5.74) is 7.20. The minimum Gasteiger partial charge on any atom is -0.491 e. The van der Waals surface area contributed by atoms with E-state index in [0.717, 1.165) is 11.3 Å². The number of rotatable bonds is 5. The molecule has 0 unspecified atom stereocenters. The lowest BCUT2D eigenvalue weighted by atomic mass is 10.0. The second-order valence-electron chi connectivity index (χ2n) is 3.97. The standard InChI is InChI=1S/C13H19NO2/c1-4-13(15)12-6-5-11(16-9(2)3)7-10(12)8-14/h5-7,9H,4,8,14H2,1-3H3. The molecule has 1 aromatic carbocycles. The molecule has 88 valence electrons. The Balaban J connectivity index is 3.01. The van der Waals surface area contributed by atoms with Crippen molar-refractivity contribution in [1.82, 2.24) is 0 Å². The zero-order chi connectivity index (χ0) is 12.1. The molecule has 0 atom stereocenters. The Morgan fingerprint density at radius 1 is 1.44 bits per heavy atom. The molecule has 2 N–H and O–H groups in total. The van der Waals surface area contributed by atoms with Crippen molar-refractivity contribution >= 4 is 5.78 Å². The number of benzene rings is 1. The van der Waals surface area contributed by atoms with Crippen molar-refractivity contribution < 1.29 is 9.53 Å². The van der Waals surface area contributed by atoms with Crippen LogP contribution in [0.1, 0.15) is 43.1 Å². The van der Waals surface area contributed by atoms with Gasteiger partial charge in [-0.25, -0.2) is 0 Å². The first-order valence-corrected chi connectivity index (χ1v) is 5.61. The van der Waals surface area contributed by atoms with Crippen LogP contribution in [-0.2, 0) is 6.54 Å². The Morgan fingerprint density at radius 3 is 2.62 bits per heavy atom. The van der Waals surface area contributed by atoms with Gasteiger partial charge in [0.05, 0.1) is 6.10 Å². The topological polar surface area (TPSA) is 52.3 Å². The summed E-state index contributed by atoms with van der Waals surface area (Å²) in [4.78, 5) is 11.6. The zero-order valence-corrected chi connectivity index (χ0v) is 10.1. The molecule has 0 aliphatic rings. The molecule has 0 spiro atoms. The summed E-state index contributed by atoms with van der Waals surface area (Å²) in [5, 5.41) is 0. The molecule has 0 aromatic heterocycles. The highest BCUT2D eigenvalue weighted by Gasteiger charge is 2.10. The summed E-state index contributed by atoms with van der Waals surface area (Å²) in [6.07, 6.45) is 0.621. The van der Waals surface area contributed by atoms with Crippen molar-refractivity contribution in [3.63, 3.8) is 0 Å². The van der Waals surface area contributed by atoms with Gasteiger partial charge in [-0.1, -0.05) is 6.92 Å². The predicted octanol–water partition coefficient (Wildman–Crippen LogP) is 2.53. The fraction of sp³-hybridized carbons (Fsp3) is 0.462. The number of hydrogen-bond donors (Lipinski definition) is 1. The predicted molar refractivity (Wildman–Crippen MR) is 64.7 cm³/mol. The molecule has 1 rings (SSSR count). The van der Waals surface area contributed by atoms with E-state index in [1.165, 1.54) is 0 Å². The minimum absolute atomic E-state index is 0.122. The first kappa shape index (κ1) is 12.7. The van der Waals surface area contributed by atoms with Gasteiger partial charge in [0.2, 0.25) is 0 Å². The molecule has 0 saturated heterocycles. The highest BCUT2D eigenvalue weighted by molar-refractivity contribution is 5.97. The fourth-order valence-corrected chi connectivity index (χ4v) is 1.55. The SMILES string of the molecule is CCC(=O)c1ccc(OC(C)C)cc1CN. The number of carbonyl (C=O) groups excluding carboxylic acids is 1. The molecule has 0 radical (unpaired) electrons. The summed E-state index contributed by atoms with van der Waals surface area (Å²) in [5.74, 6) is 0.889. The fourth-order valence-electron chi connectivity index (χ4n) is 1.55. The first-order valence-electron chi connectivity index (χ1n) is 5.61. The van der Waals surface area contributed by atoms with Crippen molar-refractivity contribution in [2.24, 2.45) is 5.73 Å². The average Bonchev–Trinajstić information content (AvgIpc) is 2.27. The molecule has 0 bridgehead atoms. The summed E-state index contributed by atoms with van der Waals surface area (Å²) >= 11 is 0. The minimum atomic E-state index is 0.122. The van der Waals surface area contributed by atoms with Gasteiger partial charge < -0.3 is 10.5 Å². The number of Topliss-reactive ketones (excluding diaryl/α,β-unsaturated/α-hetero) is 1. The van der Waals surface area contributed by atoms with Crippen LogP contribution in [0.5, 0.6) is 5.75 Å². The van der Waals surface area contributed by atoms with E-state index in [9.17, 15) is 4.79 Å². The van der Waals surface area contributed by atoms with Gasteiger partial charge in [-0.15, -0.1) is 0 Å². The monoisotopic (exact) mass is 221 g/mol. The van der Waals surface area contributed by atoms with Crippen molar-refractivity contribution in [3.05, 3.63) is 29.3 Å². The lowest BCUT2D eigenvalue weighted by Crippen LogP contribution is -2.10. The molecule has 0 saturated carbocycles. The molecule has 3 heteroatoms. The maximum Gasteiger partial charge on any atom is 0.162 e. The van der Waals surface area contributed by atoms with Crippen molar-refractivity contribution in [2.45, 2.75) is 39.8 Å². The van der Waals surface area contributed by atoms with Gasteiger partial charge in [0.25, 0.3) is 0 Å². The third-order valence-corrected chi connectivity index (χ3v) is 2.29. The lowest BCUT2D eigenvalue weighted by Gasteiger charge is -2.12. The number of carbonyl (C=O) groups is 1. The van der Waals surface area contributed by atoms with E-state index in [1.807, 2.05) is 32.9 Å². The Labute approximate surface area is 96.6 Å². The van der Waals surface area contributed by atoms with Gasteiger partial charge in [-0.05, 0) is 37.6 Å². The van der Waals surface area contributed by atoms with Gasteiger partial charge >= 0.3 is 0 Å². The highest BCUT2D eigenvalue weighted by Crippen LogP contribution is 2.20. The largest absolute Gasteiger partial charge is 0.491 e. The number of nitrogens with two attached hydrogens (primary N) is 1. The third kappa shape index (κ3) is 3.07. The quantitative estimate of drug-likeness (QED) is 0.777. The van der Waals surface area contributed by atoms with Crippen LogP contribution in [0.15, 0.2) is 18.2 Å². The van der Waals surface area contributed by atoms with Crippen LogP contribution in [0, 0.1) is 0 Å². The van der Waals surface area contributed by atoms with E-state index < -0.39 is 0 Å². The molecule has 3 nitrogen and oxygen atoms in total. The van der Waals surface area contributed by atoms with E-state index in [2.05, 4.69) is 0 Å². The number of ether oxygens (including phenoxy) is 1. The molecular weight excluding hydrogens is 202 g/mol. The molecule has 0 amide bonds. The van der Waals surface area contributed by atoms with Crippen LogP contribution in [-0.4, -0.2) is 11.9 Å². The molecule has 0 fully saturated rings. The zero-order valence-electron chi connectivity index (χ0n) is 10.1. The van der Waals surface area contributed by atoms with Gasteiger partial charge in [-0.2, -0.15) is 0 Å². The smallest absolute Gasteiger partial charge is 0.162 e. The molecule has 16 heavy (non-hydrogen) atoms. The molecule has 1 aromatic rings. The highest BCUT2D eigenvalue weighted by atomic mass is 16.5. The average molecular weight is 221 g/mol. The van der Waals surface area contributed by atoms with Crippen LogP contribution < -0.4 is 10.5 Å². The Kier molecular flexibility index (Phi) is 4.50. The van der Waals surface area contributed by atoms with E-state index in [-0.39, 0.29) is 11.9 Å². The molecule has 0 heterocycles. The van der Waals surface area contributed by atoms with Gasteiger partial charge in [0.1, 0.15) is 5.75 Å². The van der Waals surface area contributed by atoms with E-state index in [4.69, 9.17) is 10.5 Å². The summed E-state index contributed by atoms with van der Waals surface area (Å²) in [6.45, 7) is 6.14. The van der Waals surface area contributed by atoms with Crippen molar-refractivity contribution in [2.75, 3.05) is 0 Å². The maximum absolute atomic E-state index is 11.6. The van der Waals surface area contributed by atoms with Crippen LogP contribution in [0.4, 0.5) is 0 Å². The van der Waals surface area contributed by atoms with Crippen LogP contribution in [0.2, 0.25) is 0 Å². The van der Waals surface area contributed by atoms with Gasteiger partial charge in [0, 0.05) is 18.5 Å². The Hall–Kier alpha value is -1.35. The normalized spacial score (nSPS) is 10.6. The van der Waals surface area contributed by atoms with Crippen LogP contribution in [0.3, 0.4) is 0 Å². The van der Waals surface area contributed by atoms with Crippen molar-refractivity contribution in [3.8, 4) is 5.75 Å². The van der Waals surface area contributed by atoms with Gasteiger partial charge in [-0.3, -0.25) is 4.79 Å². The summed E-state index contributed by atoms with van der Waals surface area (Å²) in [7, 11) is 0. The summed E-state index contributed by atoms with van der Waals surface area (Å²) in [6, 6.07) is 5.47. The van der Waals surface area contributed by atoms with Crippen LogP contribution >= 0.6 is 0 Å². The third-order valence-electron chi connectivity index (χ3n) is 2.29. The van der Waals surface area contributed by atoms with E-state index in [1.54, 1.807) is 6.07 Å². The number of hydrogen-bond acceptors (Lipinski definition) is 3. The second kappa shape index (κ2) is 5.66. The molecule has 0 aliphatic carbocycles.